The van der Waals surface area contributed by atoms with Crippen molar-refractivity contribution in [1.82, 2.24) is 10.6 Å². The second kappa shape index (κ2) is 4.56. The van der Waals surface area contributed by atoms with Crippen LogP contribution in [0.3, 0.4) is 0 Å². The summed E-state index contributed by atoms with van der Waals surface area (Å²) in [5.74, 6) is 0. The summed E-state index contributed by atoms with van der Waals surface area (Å²) in [6, 6.07) is 12.7. The molecule has 0 radical (unpaired) electrons. The Morgan fingerprint density at radius 1 is 0.938 bits per heavy atom. The first kappa shape index (κ1) is 10.3. The van der Waals surface area contributed by atoms with Gasteiger partial charge in [-0.2, -0.15) is 0 Å². The molecule has 1 aromatic carbocycles. The fourth-order valence-corrected chi connectivity index (χ4v) is 3.06. The number of benzene rings is 1. The maximum absolute atomic E-state index is 3.81. The first-order chi connectivity index (χ1) is 7.93. The van der Waals surface area contributed by atoms with Gasteiger partial charge < -0.3 is 10.6 Å². The monoisotopic (exact) mass is 216 g/mol. The van der Waals surface area contributed by atoms with Crippen molar-refractivity contribution in [1.29, 1.82) is 0 Å². The van der Waals surface area contributed by atoms with E-state index < -0.39 is 0 Å². The SMILES string of the molecule is c1ccc(C2CN[C@H]3CCCC[C@@H]3N2)cc1. The molecular weight excluding hydrogens is 196 g/mol. The molecule has 1 heterocycles. The van der Waals surface area contributed by atoms with Crippen molar-refractivity contribution in [2.45, 2.75) is 43.8 Å². The Balaban J connectivity index is 1.71. The predicted octanol–water partition coefficient (Wildman–Crippen LogP) is 2.23. The third-order valence-electron chi connectivity index (χ3n) is 3.97. The highest BCUT2D eigenvalue weighted by molar-refractivity contribution is 5.20. The van der Waals surface area contributed by atoms with Crippen LogP contribution >= 0.6 is 0 Å². The summed E-state index contributed by atoms with van der Waals surface area (Å²) in [5.41, 5.74) is 1.42. The highest BCUT2D eigenvalue weighted by Gasteiger charge is 2.31. The summed E-state index contributed by atoms with van der Waals surface area (Å²) in [5, 5.41) is 7.52. The third kappa shape index (κ3) is 2.00. The van der Waals surface area contributed by atoms with E-state index in [1.165, 1.54) is 31.2 Å². The fraction of sp³-hybridized carbons (Fsp3) is 0.571. The summed E-state index contributed by atoms with van der Waals surface area (Å²) >= 11 is 0. The Morgan fingerprint density at radius 2 is 1.69 bits per heavy atom. The lowest BCUT2D eigenvalue weighted by Crippen LogP contribution is -2.58. The highest BCUT2D eigenvalue weighted by atomic mass is 15.1. The Labute approximate surface area is 97.4 Å². The highest BCUT2D eigenvalue weighted by Crippen LogP contribution is 2.25. The van der Waals surface area contributed by atoms with E-state index >= 15 is 0 Å². The smallest absolute Gasteiger partial charge is 0.0449 e. The predicted molar refractivity (Wildman–Crippen MR) is 66.4 cm³/mol. The molecule has 3 rings (SSSR count). The molecule has 0 amide bonds. The summed E-state index contributed by atoms with van der Waals surface area (Å²) in [4.78, 5) is 0. The molecule has 1 saturated heterocycles. The zero-order chi connectivity index (χ0) is 10.8. The molecule has 0 spiro atoms. The lowest BCUT2D eigenvalue weighted by atomic mass is 9.87. The van der Waals surface area contributed by atoms with Crippen LogP contribution in [-0.2, 0) is 0 Å². The molecule has 2 N–H and O–H groups in total. The lowest BCUT2D eigenvalue weighted by molar-refractivity contribution is 0.213. The van der Waals surface area contributed by atoms with Gasteiger partial charge in [-0.25, -0.2) is 0 Å². The van der Waals surface area contributed by atoms with Gasteiger partial charge in [0.25, 0.3) is 0 Å². The molecule has 16 heavy (non-hydrogen) atoms. The second-order valence-corrected chi connectivity index (χ2v) is 5.04. The van der Waals surface area contributed by atoms with Crippen LogP contribution in [0, 0.1) is 0 Å². The normalized spacial score (nSPS) is 34.4. The van der Waals surface area contributed by atoms with Crippen LogP contribution in [0.1, 0.15) is 37.3 Å². The van der Waals surface area contributed by atoms with Gasteiger partial charge in [-0.3, -0.25) is 0 Å². The average Bonchev–Trinajstić information content (AvgIpc) is 2.39. The number of hydrogen-bond donors (Lipinski definition) is 2. The van der Waals surface area contributed by atoms with Crippen molar-refractivity contribution >= 4 is 0 Å². The third-order valence-corrected chi connectivity index (χ3v) is 3.97. The van der Waals surface area contributed by atoms with E-state index in [0.717, 1.165) is 6.54 Å². The van der Waals surface area contributed by atoms with Crippen LogP contribution in [-0.4, -0.2) is 18.6 Å². The van der Waals surface area contributed by atoms with Crippen LogP contribution in [0.25, 0.3) is 0 Å². The van der Waals surface area contributed by atoms with Crippen LogP contribution < -0.4 is 10.6 Å². The number of fused-ring (bicyclic) bond motifs is 1. The van der Waals surface area contributed by atoms with Crippen molar-refractivity contribution in [3.05, 3.63) is 35.9 Å². The van der Waals surface area contributed by atoms with Gasteiger partial charge in [0, 0.05) is 24.7 Å². The molecule has 3 atom stereocenters. The van der Waals surface area contributed by atoms with E-state index in [-0.39, 0.29) is 0 Å². The molecular formula is C14H20N2. The first-order valence-corrected chi connectivity index (χ1v) is 6.48. The number of nitrogens with one attached hydrogen (secondary N) is 2. The van der Waals surface area contributed by atoms with Gasteiger partial charge in [-0.15, -0.1) is 0 Å². The van der Waals surface area contributed by atoms with Crippen LogP contribution in [0.4, 0.5) is 0 Å². The van der Waals surface area contributed by atoms with E-state index in [9.17, 15) is 0 Å². The molecule has 1 aliphatic carbocycles. The Morgan fingerprint density at radius 3 is 2.50 bits per heavy atom. The van der Waals surface area contributed by atoms with Crippen LogP contribution in [0.15, 0.2) is 30.3 Å². The summed E-state index contributed by atoms with van der Waals surface area (Å²) in [7, 11) is 0. The minimum absolute atomic E-state index is 0.501. The van der Waals surface area contributed by atoms with Gasteiger partial charge in [0.1, 0.15) is 0 Å². The minimum Gasteiger partial charge on any atom is -0.311 e. The Hall–Kier alpha value is -0.860. The van der Waals surface area contributed by atoms with Gasteiger partial charge in [-0.1, -0.05) is 43.2 Å². The maximum Gasteiger partial charge on any atom is 0.0449 e. The van der Waals surface area contributed by atoms with Crippen molar-refractivity contribution in [2.24, 2.45) is 0 Å². The number of rotatable bonds is 1. The molecule has 1 saturated carbocycles. The van der Waals surface area contributed by atoms with E-state index in [0.29, 0.717) is 18.1 Å². The van der Waals surface area contributed by atoms with Crippen LogP contribution in [0.5, 0.6) is 0 Å². The molecule has 86 valence electrons. The van der Waals surface area contributed by atoms with Crippen molar-refractivity contribution in [3.63, 3.8) is 0 Å². The molecule has 2 aliphatic rings. The largest absolute Gasteiger partial charge is 0.311 e. The second-order valence-electron chi connectivity index (χ2n) is 5.04. The Bertz CT molecular complexity index is 336. The molecule has 1 aliphatic heterocycles. The summed E-state index contributed by atoms with van der Waals surface area (Å²) in [6.45, 7) is 1.07. The number of hydrogen-bond acceptors (Lipinski definition) is 2. The van der Waals surface area contributed by atoms with Crippen molar-refractivity contribution in [3.8, 4) is 0 Å². The molecule has 1 aromatic rings. The summed E-state index contributed by atoms with van der Waals surface area (Å²) < 4.78 is 0. The average molecular weight is 216 g/mol. The van der Waals surface area contributed by atoms with E-state index in [2.05, 4.69) is 41.0 Å². The van der Waals surface area contributed by atoms with E-state index in [4.69, 9.17) is 0 Å². The molecule has 2 fully saturated rings. The zero-order valence-corrected chi connectivity index (χ0v) is 9.65. The Kier molecular flexibility index (Phi) is 2.94. The standard InChI is InChI=1S/C14H20N2/c1-2-6-11(7-3-1)14-10-15-12-8-4-5-9-13(12)16-14/h1-3,6-7,12-16H,4-5,8-10H2/t12-,13-,14?/m0/s1. The molecule has 0 bridgehead atoms. The van der Waals surface area contributed by atoms with Gasteiger partial charge in [-0.05, 0) is 18.4 Å². The van der Waals surface area contributed by atoms with E-state index in [1.54, 1.807) is 0 Å². The van der Waals surface area contributed by atoms with Crippen LogP contribution in [0.2, 0.25) is 0 Å². The molecule has 1 unspecified atom stereocenters. The fourth-order valence-electron chi connectivity index (χ4n) is 3.06. The lowest BCUT2D eigenvalue weighted by Gasteiger charge is -2.41. The zero-order valence-electron chi connectivity index (χ0n) is 9.65. The van der Waals surface area contributed by atoms with Crippen molar-refractivity contribution in [2.75, 3.05) is 6.54 Å². The van der Waals surface area contributed by atoms with Gasteiger partial charge in [0.2, 0.25) is 0 Å². The number of piperazine rings is 1. The quantitative estimate of drug-likeness (QED) is 0.752. The van der Waals surface area contributed by atoms with Crippen molar-refractivity contribution < 1.29 is 0 Å². The molecule has 2 nitrogen and oxygen atoms in total. The van der Waals surface area contributed by atoms with Gasteiger partial charge in [0.15, 0.2) is 0 Å². The van der Waals surface area contributed by atoms with Gasteiger partial charge >= 0.3 is 0 Å². The topological polar surface area (TPSA) is 24.1 Å². The molecule has 0 aromatic heterocycles. The molecule has 2 heteroatoms. The minimum atomic E-state index is 0.501. The van der Waals surface area contributed by atoms with Gasteiger partial charge in [0.05, 0.1) is 0 Å². The summed E-state index contributed by atoms with van der Waals surface area (Å²) in [6.07, 6.45) is 5.46. The van der Waals surface area contributed by atoms with E-state index in [1.807, 2.05) is 0 Å². The maximum atomic E-state index is 3.81. The first-order valence-electron chi connectivity index (χ1n) is 6.48.